The van der Waals surface area contributed by atoms with Crippen molar-refractivity contribution >= 4 is 0 Å². The second kappa shape index (κ2) is 6.44. The van der Waals surface area contributed by atoms with Gasteiger partial charge >= 0.3 is 0 Å². The van der Waals surface area contributed by atoms with E-state index in [-0.39, 0.29) is 1.43 Å². The first kappa shape index (κ1) is 11.9. The molecule has 0 spiro atoms. The summed E-state index contributed by atoms with van der Waals surface area (Å²) in [5, 5.41) is 0. The Hall–Kier alpha value is -0.0800. The summed E-state index contributed by atoms with van der Waals surface area (Å²) in [6.45, 7) is 10.9. The molecule has 0 atom stereocenters. The zero-order valence-corrected chi connectivity index (χ0v) is 9.01. The standard InChI is InChI=1S/C8H18N2.C2H6.H2/c1-7(2)10-5-3-8(9)4-6-10;1-2;/h7-8H,3-6,9H2,1-2H3;1-2H3;1H. The van der Waals surface area contributed by atoms with Crippen molar-refractivity contribution in [2.24, 2.45) is 5.73 Å². The highest BCUT2D eigenvalue weighted by atomic mass is 15.2. The van der Waals surface area contributed by atoms with Crippen molar-refractivity contribution in [2.45, 2.75) is 52.6 Å². The van der Waals surface area contributed by atoms with Gasteiger partial charge in [0.2, 0.25) is 0 Å². The molecule has 0 aliphatic carbocycles. The highest BCUT2D eigenvalue weighted by Crippen LogP contribution is 2.10. The van der Waals surface area contributed by atoms with Crippen LogP contribution in [0.3, 0.4) is 0 Å². The van der Waals surface area contributed by atoms with Gasteiger partial charge in [-0.3, -0.25) is 0 Å². The van der Waals surface area contributed by atoms with Crippen LogP contribution in [0.15, 0.2) is 0 Å². The minimum atomic E-state index is 0. The summed E-state index contributed by atoms with van der Waals surface area (Å²) in [6, 6.07) is 1.17. The quantitative estimate of drug-likeness (QED) is 0.659. The second-order valence-electron chi connectivity index (χ2n) is 3.47. The maximum atomic E-state index is 5.77. The Morgan fingerprint density at radius 2 is 1.67 bits per heavy atom. The third-order valence-corrected chi connectivity index (χ3v) is 2.30. The van der Waals surface area contributed by atoms with Crippen molar-refractivity contribution in [2.75, 3.05) is 13.1 Å². The molecule has 1 rings (SSSR count). The summed E-state index contributed by atoms with van der Waals surface area (Å²) in [4.78, 5) is 2.49. The monoisotopic (exact) mass is 174 g/mol. The molecule has 0 aromatic rings. The van der Waals surface area contributed by atoms with Crippen LogP contribution in [-0.4, -0.2) is 30.1 Å². The van der Waals surface area contributed by atoms with Crippen LogP contribution in [0.5, 0.6) is 0 Å². The molecule has 1 fully saturated rings. The van der Waals surface area contributed by atoms with Crippen molar-refractivity contribution in [3.63, 3.8) is 0 Å². The Balaban J connectivity index is 0. The lowest BCUT2D eigenvalue weighted by Crippen LogP contribution is -2.42. The number of rotatable bonds is 1. The van der Waals surface area contributed by atoms with Gasteiger partial charge in [0.15, 0.2) is 0 Å². The molecule has 0 aromatic heterocycles. The molecule has 0 bridgehead atoms. The molecule has 2 N–H and O–H groups in total. The number of piperidine rings is 1. The van der Waals surface area contributed by atoms with E-state index >= 15 is 0 Å². The molecule has 2 nitrogen and oxygen atoms in total. The third kappa shape index (κ3) is 4.07. The van der Waals surface area contributed by atoms with E-state index in [2.05, 4.69) is 18.7 Å². The molecule has 1 aliphatic heterocycles. The van der Waals surface area contributed by atoms with Gasteiger partial charge in [-0.25, -0.2) is 0 Å². The third-order valence-electron chi connectivity index (χ3n) is 2.30. The summed E-state index contributed by atoms with van der Waals surface area (Å²) in [6.07, 6.45) is 2.36. The lowest BCUT2D eigenvalue weighted by molar-refractivity contribution is 0.173. The van der Waals surface area contributed by atoms with E-state index in [4.69, 9.17) is 5.73 Å². The normalized spacial score (nSPS) is 20.5. The molecule has 1 aliphatic rings. The molecule has 0 amide bonds. The van der Waals surface area contributed by atoms with Crippen molar-refractivity contribution in [1.82, 2.24) is 4.90 Å². The van der Waals surface area contributed by atoms with Crippen LogP contribution in [0.25, 0.3) is 0 Å². The Labute approximate surface area is 78.6 Å². The predicted octanol–water partition coefficient (Wildman–Crippen LogP) is 2.09. The van der Waals surface area contributed by atoms with Crippen LogP contribution in [0.4, 0.5) is 0 Å². The lowest BCUT2D eigenvalue weighted by atomic mass is 10.1. The largest absolute Gasteiger partial charge is 0.328 e. The minimum Gasteiger partial charge on any atom is -0.328 e. The summed E-state index contributed by atoms with van der Waals surface area (Å²) in [5.74, 6) is 0. The van der Waals surface area contributed by atoms with E-state index in [1.54, 1.807) is 0 Å². The van der Waals surface area contributed by atoms with Crippen molar-refractivity contribution in [1.29, 1.82) is 0 Å². The zero-order valence-electron chi connectivity index (χ0n) is 9.01. The van der Waals surface area contributed by atoms with Crippen LogP contribution in [0, 0.1) is 0 Å². The van der Waals surface area contributed by atoms with Gasteiger partial charge in [-0.15, -0.1) is 0 Å². The van der Waals surface area contributed by atoms with Crippen LogP contribution in [-0.2, 0) is 0 Å². The van der Waals surface area contributed by atoms with Crippen LogP contribution in [0.1, 0.15) is 42.0 Å². The minimum absolute atomic E-state index is 0. The molecule has 0 saturated carbocycles. The van der Waals surface area contributed by atoms with E-state index in [1.165, 1.54) is 25.9 Å². The average molecular weight is 174 g/mol. The number of hydrogen-bond donors (Lipinski definition) is 1. The fraction of sp³-hybridized carbons (Fsp3) is 1.00. The maximum absolute atomic E-state index is 5.77. The smallest absolute Gasteiger partial charge is 0.00631 e. The SMILES string of the molecule is CC.CC(C)N1CCC(N)CC1.[HH]. The van der Waals surface area contributed by atoms with Crippen molar-refractivity contribution in [3.05, 3.63) is 0 Å². The van der Waals surface area contributed by atoms with Gasteiger partial charge in [0.1, 0.15) is 0 Å². The van der Waals surface area contributed by atoms with Gasteiger partial charge in [-0.1, -0.05) is 13.8 Å². The van der Waals surface area contributed by atoms with E-state index < -0.39 is 0 Å². The van der Waals surface area contributed by atoms with E-state index in [0.29, 0.717) is 12.1 Å². The zero-order chi connectivity index (χ0) is 9.56. The highest BCUT2D eigenvalue weighted by Gasteiger charge is 2.17. The number of nitrogens with zero attached hydrogens (tertiary/aromatic N) is 1. The molecule has 0 unspecified atom stereocenters. The highest BCUT2D eigenvalue weighted by molar-refractivity contribution is 4.75. The number of likely N-dealkylation sites (tertiary alicyclic amines) is 1. The van der Waals surface area contributed by atoms with Crippen LogP contribution >= 0.6 is 0 Å². The Morgan fingerprint density at radius 3 is 2.00 bits per heavy atom. The Morgan fingerprint density at radius 1 is 1.25 bits per heavy atom. The van der Waals surface area contributed by atoms with E-state index in [1.807, 2.05) is 13.8 Å². The second-order valence-corrected chi connectivity index (χ2v) is 3.47. The van der Waals surface area contributed by atoms with Crippen molar-refractivity contribution in [3.8, 4) is 0 Å². The first-order chi connectivity index (χ1) is 5.70. The topological polar surface area (TPSA) is 29.3 Å². The van der Waals surface area contributed by atoms with Crippen LogP contribution in [0.2, 0.25) is 0 Å². The lowest BCUT2D eigenvalue weighted by Gasteiger charge is -2.32. The summed E-state index contributed by atoms with van der Waals surface area (Å²) >= 11 is 0. The Bertz CT molecular complexity index is 99.1. The van der Waals surface area contributed by atoms with Gasteiger partial charge in [-0.2, -0.15) is 0 Å². The molecule has 12 heavy (non-hydrogen) atoms. The molecule has 1 heterocycles. The van der Waals surface area contributed by atoms with Gasteiger partial charge in [0, 0.05) is 13.5 Å². The predicted molar refractivity (Wildman–Crippen MR) is 57.4 cm³/mol. The molecule has 76 valence electrons. The van der Waals surface area contributed by atoms with E-state index in [0.717, 1.165) is 0 Å². The first-order valence-corrected chi connectivity index (χ1v) is 5.20. The first-order valence-electron chi connectivity index (χ1n) is 5.20. The fourth-order valence-corrected chi connectivity index (χ4v) is 1.44. The van der Waals surface area contributed by atoms with E-state index in [9.17, 15) is 0 Å². The summed E-state index contributed by atoms with van der Waals surface area (Å²) in [7, 11) is 0. The number of hydrogen-bond acceptors (Lipinski definition) is 2. The van der Waals surface area contributed by atoms with Gasteiger partial charge in [0.25, 0.3) is 0 Å². The molecule has 2 heteroatoms. The van der Waals surface area contributed by atoms with Gasteiger partial charge in [-0.05, 0) is 39.8 Å². The molecule has 0 aromatic carbocycles. The van der Waals surface area contributed by atoms with Gasteiger partial charge < -0.3 is 10.6 Å². The summed E-state index contributed by atoms with van der Waals surface area (Å²) in [5.41, 5.74) is 5.77. The average Bonchev–Trinajstić information content (AvgIpc) is 2.09. The van der Waals surface area contributed by atoms with Gasteiger partial charge in [0.05, 0.1) is 0 Å². The molecule has 1 saturated heterocycles. The molecular weight excluding hydrogens is 148 g/mol. The molecular formula is C10H26N2. The van der Waals surface area contributed by atoms with Crippen LogP contribution < -0.4 is 5.73 Å². The van der Waals surface area contributed by atoms with Crippen molar-refractivity contribution < 1.29 is 1.43 Å². The maximum Gasteiger partial charge on any atom is 0.00631 e. The summed E-state index contributed by atoms with van der Waals surface area (Å²) < 4.78 is 0. The molecule has 0 radical (unpaired) electrons. The Kier molecular flexibility index (Phi) is 6.39. The number of nitrogens with two attached hydrogens (primary N) is 1. The fourth-order valence-electron chi connectivity index (χ4n) is 1.44.